The Hall–Kier alpha value is -1.14. The van der Waals surface area contributed by atoms with Crippen molar-refractivity contribution in [3.63, 3.8) is 0 Å². The van der Waals surface area contributed by atoms with Gasteiger partial charge in [-0.05, 0) is 35.1 Å². The monoisotopic (exact) mass is 272 g/mol. The molecular weight excluding hydrogens is 260 g/mol. The first-order valence-corrected chi connectivity index (χ1v) is 5.16. The highest BCUT2D eigenvalue weighted by atomic mass is 79.9. The topological polar surface area (TPSA) is 74.7 Å². The second-order valence-electron chi connectivity index (χ2n) is 3.23. The minimum Gasteiger partial charge on any atom is -0.409 e. The van der Waals surface area contributed by atoms with Crippen molar-refractivity contribution >= 4 is 21.8 Å². The lowest BCUT2D eigenvalue weighted by molar-refractivity contribution is 0.307. The van der Waals surface area contributed by atoms with Crippen molar-refractivity contribution in [2.45, 2.75) is 6.54 Å². The van der Waals surface area contributed by atoms with Gasteiger partial charge in [0.25, 0.3) is 0 Å². The predicted molar refractivity (Wildman–Crippen MR) is 61.7 cm³/mol. The van der Waals surface area contributed by atoms with Crippen molar-refractivity contribution in [2.24, 2.45) is 10.9 Å². The normalized spacial score (nSPS) is 12.1. The number of aromatic nitrogens is 1. The summed E-state index contributed by atoms with van der Waals surface area (Å²) in [5, 5.41) is 11.3. The molecule has 82 valence electrons. The van der Waals surface area contributed by atoms with Gasteiger partial charge in [0, 0.05) is 17.2 Å². The number of oxime groups is 1. The van der Waals surface area contributed by atoms with Gasteiger partial charge in [-0.3, -0.25) is 9.88 Å². The lowest BCUT2D eigenvalue weighted by atomic mass is 10.3. The second-order valence-corrected chi connectivity index (χ2v) is 4.15. The van der Waals surface area contributed by atoms with Gasteiger partial charge in [-0.15, -0.1) is 0 Å². The zero-order valence-corrected chi connectivity index (χ0v) is 9.98. The fourth-order valence-electron chi connectivity index (χ4n) is 1.14. The number of pyridine rings is 1. The molecule has 6 heteroatoms. The lowest BCUT2D eigenvalue weighted by Gasteiger charge is -2.14. The Bertz CT molecular complexity index is 338. The van der Waals surface area contributed by atoms with Crippen LogP contribution in [0.15, 0.2) is 28.0 Å². The zero-order chi connectivity index (χ0) is 11.3. The van der Waals surface area contributed by atoms with Crippen LogP contribution in [0.4, 0.5) is 0 Å². The SMILES string of the molecule is CN(C/C(N)=N/O)Cc1ccc(Br)cn1. The number of halogens is 1. The second kappa shape index (κ2) is 5.67. The summed E-state index contributed by atoms with van der Waals surface area (Å²) in [4.78, 5) is 6.13. The van der Waals surface area contributed by atoms with Crippen molar-refractivity contribution < 1.29 is 5.21 Å². The summed E-state index contributed by atoms with van der Waals surface area (Å²) in [6.07, 6.45) is 1.74. The van der Waals surface area contributed by atoms with Crippen molar-refractivity contribution in [3.05, 3.63) is 28.5 Å². The quantitative estimate of drug-likeness (QED) is 0.372. The van der Waals surface area contributed by atoms with Crippen LogP contribution in [0.2, 0.25) is 0 Å². The number of nitrogens with two attached hydrogens (primary N) is 1. The van der Waals surface area contributed by atoms with E-state index in [1.807, 2.05) is 24.1 Å². The van der Waals surface area contributed by atoms with E-state index in [1.54, 1.807) is 6.20 Å². The average molecular weight is 273 g/mol. The highest BCUT2D eigenvalue weighted by Gasteiger charge is 2.03. The molecule has 3 N–H and O–H groups in total. The Morgan fingerprint density at radius 1 is 1.67 bits per heavy atom. The maximum atomic E-state index is 8.40. The van der Waals surface area contributed by atoms with Crippen LogP contribution in [0.5, 0.6) is 0 Å². The molecule has 0 atom stereocenters. The molecule has 1 heterocycles. The first kappa shape index (κ1) is 11.9. The summed E-state index contributed by atoms with van der Waals surface area (Å²) in [5.74, 6) is 0.189. The summed E-state index contributed by atoms with van der Waals surface area (Å²) in [5.41, 5.74) is 6.32. The number of nitrogens with zero attached hydrogens (tertiary/aromatic N) is 3. The summed E-state index contributed by atoms with van der Waals surface area (Å²) < 4.78 is 0.949. The Balaban J connectivity index is 2.51. The highest BCUT2D eigenvalue weighted by Crippen LogP contribution is 2.08. The molecule has 0 bridgehead atoms. The summed E-state index contributed by atoms with van der Waals surface area (Å²) >= 11 is 3.31. The van der Waals surface area contributed by atoms with Gasteiger partial charge in [-0.25, -0.2) is 0 Å². The van der Waals surface area contributed by atoms with Crippen molar-refractivity contribution in [2.75, 3.05) is 13.6 Å². The molecular formula is C9H13BrN4O. The molecule has 1 aromatic rings. The van der Waals surface area contributed by atoms with Crippen LogP contribution in [0, 0.1) is 0 Å². The molecule has 15 heavy (non-hydrogen) atoms. The minimum atomic E-state index is 0.189. The van der Waals surface area contributed by atoms with Crippen LogP contribution in [-0.4, -0.2) is 34.5 Å². The van der Waals surface area contributed by atoms with Crippen molar-refractivity contribution in [1.82, 2.24) is 9.88 Å². The fourth-order valence-corrected chi connectivity index (χ4v) is 1.38. The first-order valence-electron chi connectivity index (χ1n) is 4.37. The third-order valence-electron chi connectivity index (χ3n) is 1.78. The van der Waals surface area contributed by atoms with E-state index in [2.05, 4.69) is 26.1 Å². The molecule has 1 aromatic heterocycles. The Labute approximate surface area is 96.7 Å². The first-order chi connectivity index (χ1) is 7.11. The van der Waals surface area contributed by atoms with Gasteiger partial charge in [0.15, 0.2) is 5.84 Å². The van der Waals surface area contributed by atoms with Crippen LogP contribution in [0.1, 0.15) is 5.69 Å². The van der Waals surface area contributed by atoms with E-state index in [-0.39, 0.29) is 5.84 Å². The Morgan fingerprint density at radius 2 is 2.40 bits per heavy atom. The van der Waals surface area contributed by atoms with Gasteiger partial charge >= 0.3 is 0 Å². The van der Waals surface area contributed by atoms with Crippen LogP contribution >= 0.6 is 15.9 Å². The molecule has 0 saturated carbocycles. The predicted octanol–water partition coefficient (Wildman–Crippen LogP) is 1.02. The average Bonchev–Trinajstić information content (AvgIpc) is 2.21. The van der Waals surface area contributed by atoms with Crippen LogP contribution in [0.25, 0.3) is 0 Å². The molecule has 0 spiro atoms. The molecule has 0 saturated heterocycles. The van der Waals surface area contributed by atoms with E-state index in [1.165, 1.54) is 0 Å². The van der Waals surface area contributed by atoms with E-state index < -0.39 is 0 Å². The molecule has 0 aliphatic carbocycles. The zero-order valence-electron chi connectivity index (χ0n) is 8.39. The Kier molecular flexibility index (Phi) is 4.51. The third kappa shape index (κ3) is 4.26. The van der Waals surface area contributed by atoms with Gasteiger partial charge in [-0.2, -0.15) is 0 Å². The van der Waals surface area contributed by atoms with Crippen LogP contribution < -0.4 is 5.73 Å². The molecule has 0 unspecified atom stereocenters. The summed E-state index contributed by atoms with van der Waals surface area (Å²) in [6.45, 7) is 1.07. The Morgan fingerprint density at radius 3 is 2.93 bits per heavy atom. The standard InChI is InChI=1S/C9H13BrN4O/c1-14(6-9(11)13-15)5-8-3-2-7(10)4-12-8/h2-4,15H,5-6H2,1H3,(H2,11,13). The van der Waals surface area contributed by atoms with Crippen LogP contribution in [0.3, 0.4) is 0 Å². The van der Waals surface area contributed by atoms with E-state index in [9.17, 15) is 0 Å². The summed E-state index contributed by atoms with van der Waals surface area (Å²) in [7, 11) is 1.88. The van der Waals surface area contributed by atoms with Crippen molar-refractivity contribution in [1.29, 1.82) is 0 Å². The smallest absolute Gasteiger partial charge is 0.153 e. The van der Waals surface area contributed by atoms with Crippen molar-refractivity contribution in [3.8, 4) is 0 Å². The van der Waals surface area contributed by atoms with Gasteiger partial charge in [-0.1, -0.05) is 5.16 Å². The van der Waals surface area contributed by atoms with Gasteiger partial charge in [0.1, 0.15) is 0 Å². The summed E-state index contributed by atoms with van der Waals surface area (Å²) in [6, 6.07) is 3.85. The van der Waals surface area contributed by atoms with E-state index in [0.717, 1.165) is 10.2 Å². The minimum absolute atomic E-state index is 0.189. The molecule has 0 aliphatic rings. The molecule has 1 rings (SSSR count). The maximum absolute atomic E-state index is 8.40. The highest BCUT2D eigenvalue weighted by molar-refractivity contribution is 9.10. The fraction of sp³-hybridized carbons (Fsp3) is 0.333. The number of hydrogen-bond acceptors (Lipinski definition) is 4. The van der Waals surface area contributed by atoms with Gasteiger partial charge in [0.05, 0.1) is 12.2 Å². The largest absolute Gasteiger partial charge is 0.409 e. The lowest BCUT2D eigenvalue weighted by Crippen LogP contribution is -2.30. The number of hydrogen-bond donors (Lipinski definition) is 2. The van der Waals surface area contributed by atoms with E-state index >= 15 is 0 Å². The molecule has 0 radical (unpaired) electrons. The van der Waals surface area contributed by atoms with Gasteiger partial charge in [0.2, 0.25) is 0 Å². The number of rotatable bonds is 4. The van der Waals surface area contributed by atoms with Gasteiger partial charge < -0.3 is 10.9 Å². The van der Waals surface area contributed by atoms with Crippen LogP contribution in [-0.2, 0) is 6.54 Å². The molecule has 0 amide bonds. The number of amidine groups is 1. The molecule has 5 nitrogen and oxygen atoms in total. The van der Waals surface area contributed by atoms with E-state index in [0.29, 0.717) is 13.1 Å². The molecule has 0 fully saturated rings. The molecule has 0 aromatic carbocycles. The maximum Gasteiger partial charge on any atom is 0.153 e. The van der Waals surface area contributed by atoms with E-state index in [4.69, 9.17) is 10.9 Å². The number of likely N-dealkylation sites (N-methyl/N-ethyl adjacent to an activating group) is 1. The third-order valence-corrected chi connectivity index (χ3v) is 2.25. The molecule has 0 aliphatic heterocycles.